The van der Waals surface area contributed by atoms with E-state index in [1.165, 1.54) is 37.7 Å². The lowest BCUT2D eigenvalue weighted by molar-refractivity contribution is 0.303. The summed E-state index contributed by atoms with van der Waals surface area (Å²) in [6.45, 7) is 2.04. The SMILES string of the molecule is Cc1ccc(O)c([C@H](N)C2CCCCC2)c1. The van der Waals surface area contributed by atoms with Crippen LogP contribution in [0.1, 0.15) is 49.3 Å². The molecule has 16 heavy (non-hydrogen) atoms. The van der Waals surface area contributed by atoms with Crippen LogP contribution < -0.4 is 5.73 Å². The molecule has 2 heteroatoms. The standard InChI is InChI=1S/C14H21NO/c1-10-7-8-13(16)12(9-10)14(15)11-5-3-2-4-6-11/h7-9,11,14,16H,2-6,15H2,1H3/t14-/m1/s1. The van der Waals surface area contributed by atoms with Gasteiger partial charge >= 0.3 is 0 Å². The highest BCUT2D eigenvalue weighted by Crippen LogP contribution is 2.36. The number of nitrogens with two attached hydrogens (primary N) is 1. The Morgan fingerprint density at radius 2 is 1.94 bits per heavy atom. The van der Waals surface area contributed by atoms with Crippen LogP contribution >= 0.6 is 0 Å². The number of hydrogen-bond donors (Lipinski definition) is 2. The minimum absolute atomic E-state index is 0.000185. The molecule has 3 N–H and O–H groups in total. The van der Waals surface area contributed by atoms with Gasteiger partial charge in [-0.05, 0) is 31.7 Å². The number of phenolic OH excluding ortho intramolecular Hbond substituents is 1. The lowest BCUT2D eigenvalue weighted by atomic mass is 9.81. The maximum Gasteiger partial charge on any atom is 0.120 e. The molecule has 1 atom stereocenters. The largest absolute Gasteiger partial charge is 0.508 e. The molecule has 0 aromatic heterocycles. The molecule has 1 aromatic rings. The molecule has 1 aliphatic carbocycles. The average molecular weight is 219 g/mol. The summed E-state index contributed by atoms with van der Waals surface area (Å²) in [5.74, 6) is 0.894. The molecule has 0 amide bonds. The lowest BCUT2D eigenvalue weighted by Gasteiger charge is -2.28. The monoisotopic (exact) mass is 219 g/mol. The molecule has 0 saturated heterocycles. The lowest BCUT2D eigenvalue weighted by Crippen LogP contribution is -2.23. The van der Waals surface area contributed by atoms with Gasteiger partial charge in [0.05, 0.1) is 0 Å². The van der Waals surface area contributed by atoms with Crippen molar-refractivity contribution in [1.29, 1.82) is 0 Å². The van der Waals surface area contributed by atoms with Crippen molar-refractivity contribution in [2.75, 3.05) is 0 Å². The van der Waals surface area contributed by atoms with Crippen molar-refractivity contribution in [2.45, 2.75) is 45.1 Å². The van der Waals surface area contributed by atoms with Crippen LogP contribution in [0, 0.1) is 12.8 Å². The highest BCUT2D eigenvalue weighted by Gasteiger charge is 2.23. The van der Waals surface area contributed by atoms with Crippen LogP contribution in [0.25, 0.3) is 0 Å². The molecule has 1 aromatic carbocycles. The fourth-order valence-corrected chi connectivity index (χ4v) is 2.69. The molecule has 0 radical (unpaired) electrons. The highest BCUT2D eigenvalue weighted by atomic mass is 16.3. The Labute approximate surface area is 97.5 Å². The van der Waals surface area contributed by atoms with Crippen molar-refractivity contribution < 1.29 is 5.11 Å². The Hall–Kier alpha value is -1.02. The van der Waals surface area contributed by atoms with E-state index in [4.69, 9.17) is 5.73 Å². The van der Waals surface area contributed by atoms with E-state index in [9.17, 15) is 5.11 Å². The number of benzene rings is 1. The van der Waals surface area contributed by atoms with E-state index in [2.05, 4.69) is 0 Å². The minimum atomic E-state index is 0.000185. The molecule has 1 aliphatic rings. The summed E-state index contributed by atoms with van der Waals surface area (Å²) in [5, 5.41) is 9.86. The van der Waals surface area contributed by atoms with Crippen LogP contribution in [0.4, 0.5) is 0 Å². The topological polar surface area (TPSA) is 46.2 Å². The minimum Gasteiger partial charge on any atom is -0.508 e. The number of hydrogen-bond acceptors (Lipinski definition) is 2. The Morgan fingerprint density at radius 3 is 2.62 bits per heavy atom. The van der Waals surface area contributed by atoms with Gasteiger partial charge in [0.25, 0.3) is 0 Å². The van der Waals surface area contributed by atoms with Crippen molar-refractivity contribution in [3.05, 3.63) is 29.3 Å². The van der Waals surface area contributed by atoms with Crippen LogP contribution in [0.15, 0.2) is 18.2 Å². The zero-order valence-corrected chi connectivity index (χ0v) is 9.95. The van der Waals surface area contributed by atoms with E-state index >= 15 is 0 Å². The predicted molar refractivity (Wildman–Crippen MR) is 66.3 cm³/mol. The molecule has 0 heterocycles. The Kier molecular flexibility index (Phi) is 3.49. The van der Waals surface area contributed by atoms with Crippen LogP contribution in [-0.4, -0.2) is 5.11 Å². The van der Waals surface area contributed by atoms with Gasteiger partial charge in [0.15, 0.2) is 0 Å². The van der Waals surface area contributed by atoms with Gasteiger partial charge in [-0.1, -0.05) is 37.0 Å². The molecule has 88 valence electrons. The van der Waals surface area contributed by atoms with E-state index < -0.39 is 0 Å². The summed E-state index contributed by atoms with van der Waals surface area (Å²) < 4.78 is 0. The summed E-state index contributed by atoms with van der Waals surface area (Å²) in [5.41, 5.74) is 8.37. The van der Waals surface area contributed by atoms with Gasteiger partial charge in [-0.2, -0.15) is 0 Å². The molecular weight excluding hydrogens is 198 g/mol. The second-order valence-corrected chi connectivity index (χ2v) is 4.99. The van der Waals surface area contributed by atoms with Gasteiger partial charge in [0, 0.05) is 11.6 Å². The summed E-state index contributed by atoms with van der Waals surface area (Å²) in [4.78, 5) is 0. The van der Waals surface area contributed by atoms with Gasteiger partial charge in [0.2, 0.25) is 0 Å². The van der Waals surface area contributed by atoms with E-state index in [0.717, 1.165) is 5.56 Å². The molecule has 0 bridgehead atoms. The maximum absolute atomic E-state index is 9.86. The van der Waals surface area contributed by atoms with E-state index in [0.29, 0.717) is 11.7 Å². The van der Waals surface area contributed by atoms with Crippen LogP contribution in [0.3, 0.4) is 0 Å². The number of aromatic hydroxyl groups is 1. The van der Waals surface area contributed by atoms with Gasteiger partial charge in [-0.3, -0.25) is 0 Å². The quantitative estimate of drug-likeness (QED) is 0.801. The van der Waals surface area contributed by atoms with E-state index in [1.807, 2.05) is 19.1 Å². The predicted octanol–water partition coefficient (Wildman–Crippen LogP) is 3.28. The molecular formula is C14H21NO. The third kappa shape index (κ3) is 2.38. The summed E-state index contributed by atoms with van der Waals surface area (Å²) in [7, 11) is 0. The third-order valence-corrected chi connectivity index (χ3v) is 3.70. The summed E-state index contributed by atoms with van der Waals surface area (Å²) in [6.07, 6.45) is 6.31. The maximum atomic E-state index is 9.86. The summed E-state index contributed by atoms with van der Waals surface area (Å²) in [6, 6.07) is 5.70. The normalized spacial score (nSPS) is 19.6. The second-order valence-electron chi connectivity index (χ2n) is 4.99. The van der Waals surface area contributed by atoms with Crippen LogP contribution in [0.2, 0.25) is 0 Å². The van der Waals surface area contributed by atoms with Gasteiger partial charge in [-0.25, -0.2) is 0 Å². The van der Waals surface area contributed by atoms with Crippen molar-refractivity contribution in [1.82, 2.24) is 0 Å². The van der Waals surface area contributed by atoms with Crippen LogP contribution in [-0.2, 0) is 0 Å². The zero-order chi connectivity index (χ0) is 11.5. The highest BCUT2D eigenvalue weighted by molar-refractivity contribution is 5.38. The Morgan fingerprint density at radius 1 is 1.25 bits per heavy atom. The third-order valence-electron chi connectivity index (χ3n) is 3.70. The van der Waals surface area contributed by atoms with Crippen LogP contribution in [0.5, 0.6) is 5.75 Å². The van der Waals surface area contributed by atoms with Gasteiger partial charge in [-0.15, -0.1) is 0 Å². The molecule has 2 nitrogen and oxygen atoms in total. The molecule has 1 fully saturated rings. The summed E-state index contributed by atoms with van der Waals surface area (Å²) >= 11 is 0. The van der Waals surface area contributed by atoms with Crippen molar-refractivity contribution in [3.63, 3.8) is 0 Å². The zero-order valence-electron chi connectivity index (χ0n) is 9.95. The first kappa shape index (κ1) is 11.5. The fourth-order valence-electron chi connectivity index (χ4n) is 2.69. The molecule has 0 spiro atoms. The van der Waals surface area contributed by atoms with E-state index in [1.54, 1.807) is 6.07 Å². The molecule has 0 unspecified atom stereocenters. The van der Waals surface area contributed by atoms with Crippen molar-refractivity contribution in [3.8, 4) is 5.75 Å². The smallest absolute Gasteiger partial charge is 0.120 e. The van der Waals surface area contributed by atoms with Gasteiger partial charge < -0.3 is 10.8 Å². The molecule has 2 rings (SSSR count). The Bertz CT molecular complexity index is 356. The first-order valence-electron chi connectivity index (χ1n) is 6.23. The van der Waals surface area contributed by atoms with Crippen molar-refractivity contribution >= 4 is 0 Å². The first-order valence-corrected chi connectivity index (χ1v) is 6.23. The van der Waals surface area contributed by atoms with Gasteiger partial charge in [0.1, 0.15) is 5.75 Å². The second kappa shape index (κ2) is 4.88. The average Bonchev–Trinajstić information content (AvgIpc) is 2.32. The Balaban J connectivity index is 2.18. The first-order chi connectivity index (χ1) is 7.68. The molecule has 1 saturated carbocycles. The number of aryl methyl sites for hydroxylation is 1. The number of phenols is 1. The molecule has 0 aliphatic heterocycles. The van der Waals surface area contributed by atoms with Crippen molar-refractivity contribution in [2.24, 2.45) is 11.7 Å². The number of rotatable bonds is 2. The fraction of sp³-hybridized carbons (Fsp3) is 0.571. The van der Waals surface area contributed by atoms with E-state index in [-0.39, 0.29) is 6.04 Å².